The molecule has 8 heteroatoms. The SMILES string of the molecule is CC(C)(N)Cc1cc(F)c(S(C)(=O)=O)c(S(C)(=O)=O)c1. The molecule has 0 radical (unpaired) electrons. The number of halogens is 1. The summed E-state index contributed by atoms with van der Waals surface area (Å²) in [6.07, 6.45) is 1.83. The van der Waals surface area contributed by atoms with Crippen LogP contribution in [-0.2, 0) is 26.1 Å². The lowest BCUT2D eigenvalue weighted by Gasteiger charge is -2.19. The molecule has 114 valence electrons. The van der Waals surface area contributed by atoms with Gasteiger partial charge in [-0.3, -0.25) is 0 Å². The first-order chi connectivity index (χ1) is 8.72. The van der Waals surface area contributed by atoms with Crippen LogP contribution in [-0.4, -0.2) is 34.9 Å². The molecule has 0 heterocycles. The predicted octanol–water partition coefficient (Wildman–Crippen LogP) is 0.912. The number of rotatable bonds is 4. The molecule has 2 N–H and O–H groups in total. The van der Waals surface area contributed by atoms with Gasteiger partial charge in [-0.2, -0.15) is 0 Å². The van der Waals surface area contributed by atoms with Crippen LogP contribution >= 0.6 is 0 Å². The Morgan fingerprint density at radius 2 is 1.60 bits per heavy atom. The molecule has 0 aromatic heterocycles. The van der Waals surface area contributed by atoms with E-state index in [1.54, 1.807) is 13.8 Å². The molecule has 0 unspecified atom stereocenters. The topological polar surface area (TPSA) is 94.3 Å². The van der Waals surface area contributed by atoms with E-state index in [-0.39, 0.29) is 6.42 Å². The lowest BCUT2D eigenvalue weighted by atomic mass is 9.96. The molecule has 0 saturated heterocycles. The van der Waals surface area contributed by atoms with E-state index in [0.29, 0.717) is 5.56 Å². The van der Waals surface area contributed by atoms with Gasteiger partial charge < -0.3 is 5.73 Å². The largest absolute Gasteiger partial charge is 0.325 e. The van der Waals surface area contributed by atoms with Crippen LogP contribution < -0.4 is 5.73 Å². The molecule has 0 aliphatic rings. The van der Waals surface area contributed by atoms with Crippen molar-refractivity contribution >= 4 is 19.7 Å². The third-order valence-corrected chi connectivity index (χ3v) is 4.91. The number of benzene rings is 1. The highest BCUT2D eigenvalue weighted by atomic mass is 32.2. The van der Waals surface area contributed by atoms with Gasteiger partial charge in [-0.25, -0.2) is 21.2 Å². The fourth-order valence-corrected chi connectivity index (χ4v) is 4.43. The number of nitrogens with two attached hydrogens (primary N) is 1. The van der Waals surface area contributed by atoms with Crippen LogP contribution in [0.2, 0.25) is 0 Å². The van der Waals surface area contributed by atoms with Crippen LogP contribution in [0.15, 0.2) is 21.9 Å². The first kappa shape index (κ1) is 17.1. The Kier molecular flexibility index (Phi) is 4.34. The van der Waals surface area contributed by atoms with Gasteiger partial charge in [0.2, 0.25) is 0 Å². The van der Waals surface area contributed by atoms with E-state index in [1.807, 2.05) is 0 Å². The van der Waals surface area contributed by atoms with Crippen LogP contribution in [0.25, 0.3) is 0 Å². The number of hydrogen-bond acceptors (Lipinski definition) is 5. The Morgan fingerprint density at radius 1 is 1.10 bits per heavy atom. The molecular formula is C12H18FNO4S2. The Bertz CT molecular complexity index is 731. The molecule has 20 heavy (non-hydrogen) atoms. The van der Waals surface area contributed by atoms with Crippen molar-refractivity contribution in [3.63, 3.8) is 0 Å². The van der Waals surface area contributed by atoms with Crippen LogP contribution in [0.4, 0.5) is 4.39 Å². The van der Waals surface area contributed by atoms with Gasteiger partial charge in [0, 0.05) is 18.1 Å². The van der Waals surface area contributed by atoms with Crippen molar-refractivity contribution in [3.05, 3.63) is 23.5 Å². The molecule has 1 rings (SSSR count). The predicted molar refractivity (Wildman–Crippen MR) is 74.6 cm³/mol. The van der Waals surface area contributed by atoms with Crippen LogP contribution in [0, 0.1) is 5.82 Å². The van der Waals surface area contributed by atoms with Gasteiger partial charge in [-0.05, 0) is 38.0 Å². The van der Waals surface area contributed by atoms with E-state index < -0.39 is 40.8 Å². The molecule has 0 atom stereocenters. The summed E-state index contributed by atoms with van der Waals surface area (Å²) in [6, 6.07) is 2.18. The van der Waals surface area contributed by atoms with Gasteiger partial charge in [0.1, 0.15) is 10.7 Å². The zero-order chi connectivity index (χ0) is 15.9. The van der Waals surface area contributed by atoms with Crippen LogP contribution in [0.1, 0.15) is 19.4 Å². The molecule has 1 aromatic rings. The highest BCUT2D eigenvalue weighted by Crippen LogP contribution is 2.27. The van der Waals surface area contributed by atoms with E-state index in [0.717, 1.165) is 18.6 Å². The summed E-state index contributed by atoms with van der Waals surface area (Å²) in [6.45, 7) is 3.41. The minimum absolute atomic E-state index is 0.219. The van der Waals surface area contributed by atoms with Crippen molar-refractivity contribution in [1.29, 1.82) is 0 Å². The first-order valence-electron chi connectivity index (χ1n) is 5.73. The third-order valence-electron chi connectivity index (χ3n) is 2.50. The van der Waals surface area contributed by atoms with E-state index in [1.165, 1.54) is 6.07 Å². The van der Waals surface area contributed by atoms with Crippen molar-refractivity contribution in [2.75, 3.05) is 12.5 Å². The van der Waals surface area contributed by atoms with Crippen LogP contribution in [0.3, 0.4) is 0 Å². The van der Waals surface area contributed by atoms with Crippen LogP contribution in [0.5, 0.6) is 0 Å². The van der Waals surface area contributed by atoms with Crippen molar-refractivity contribution in [2.24, 2.45) is 5.73 Å². The molecule has 1 aromatic carbocycles. The normalized spacial score (nSPS) is 13.5. The number of sulfone groups is 2. The fourth-order valence-electron chi connectivity index (χ4n) is 1.89. The standard InChI is InChI=1S/C12H18FNO4S2/c1-12(2,14)7-8-5-9(13)11(20(4,17)18)10(6-8)19(3,15)16/h5-6H,7,14H2,1-4H3. The van der Waals surface area contributed by atoms with Gasteiger partial charge >= 0.3 is 0 Å². The highest BCUT2D eigenvalue weighted by Gasteiger charge is 2.26. The third kappa shape index (κ3) is 4.26. The van der Waals surface area contributed by atoms with E-state index in [2.05, 4.69) is 0 Å². The summed E-state index contributed by atoms with van der Waals surface area (Å²) in [5, 5.41) is 0. The highest BCUT2D eigenvalue weighted by molar-refractivity contribution is 7.93. The van der Waals surface area contributed by atoms with Gasteiger partial charge in [0.25, 0.3) is 0 Å². The Hall–Kier alpha value is -0.990. The average Bonchev–Trinajstić information content (AvgIpc) is 2.09. The molecule has 5 nitrogen and oxygen atoms in total. The minimum Gasteiger partial charge on any atom is -0.325 e. The summed E-state index contributed by atoms with van der Waals surface area (Å²) in [5.74, 6) is -1.07. The summed E-state index contributed by atoms with van der Waals surface area (Å²) in [5.41, 5.74) is 5.47. The van der Waals surface area contributed by atoms with Gasteiger partial charge in [0.15, 0.2) is 19.7 Å². The zero-order valence-electron chi connectivity index (χ0n) is 11.8. The van der Waals surface area contributed by atoms with Crippen molar-refractivity contribution in [1.82, 2.24) is 0 Å². The minimum atomic E-state index is -3.99. The van der Waals surface area contributed by atoms with Crippen molar-refractivity contribution < 1.29 is 21.2 Å². The summed E-state index contributed by atoms with van der Waals surface area (Å²) in [4.78, 5) is -1.32. The fraction of sp³-hybridized carbons (Fsp3) is 0.500. The summed E-state index contributed by atoms with van der Waals surface area (Å²) in [7, 11) is -7.87. The molecule has 0 bridgehead atoms. The maximum Gasteiger partial charge on any atom is 0.179 e. The quantitative estimate of drug-likeness (QED) is 0.889. The van der Waals surface area contributed by atoms with E-state index in [4.69, 9.17) is 5.73 Å². The maximum atomic E-state index is 14.0. The Morgan fingerprint density at radius 3 is 1.95 bits per heavy atom. The molecule has 0 aliphatic heterocycles. The van der Waals surface area contributed by atoms with Crippen molar-refractivity contribution in [2.45, 2.75) is 35.6 Å². The van der Waals surface area contributed by atoms with E-state index >= 15 is 0 Å². The van der Waals surface area contributed by atoms with Gasteiger partial charge in [0.05, 0.1) is 4.90 Å². The maximum absolute atomic E-state index is 14.0. The monoisotopic (exact) mass is 323 g/mol. The number of hydrogen-bond donors (Lipinski definition) is 1. The molecule has 0 aliphatic carbocycles. The molecule has 0 fully saturated rings. The second-order valence-corrected chi connectivity index (χ2v) is 9.55. The average molecular weight is 323 g/mol. The molecule has 0 spiro atoms. The molecule has 0 amide bonds. The lowest BCUT2D eigenvalue weighted by Crippen LogP contribution is -2.34. The van der Waals surface area contributed by atoms with Crippen molar-refractivity contribution in [3.8, 4) is 0 Å². The summed E-state index contributed by atoms with van der Waals surface area (Å²) < 4.78 is 60.6. The Balaban J connectivity index is 3.68. The molecule has 0 saturated carbocycles. The lowest BCUT2D eigenvalue weighted by molar-refractivity contribution is 0.509. The molecular weight excluding hydrogens is 305 g/mol. The smallest absolute Gasteiger partial charge is 0.179 e. The second kappa shape index (κ2) is 5.09. The first-order valence-corrected chi connectivity index (χ1v) is 9.51. The van der Waals surface area contributed by atoms with Gasteiger partial charge in [-0.15, -0.1) is 0 Å². The summed E-state index contributed by atoms with van der Waals surface area (Å²) >= 11 is 0. The zero-order valence-corrected chi connectivity index (χ0v) is 13.4. The van der Waals surface area contributed by atoms with E-state index in [9.17, 15) is 21.2 Å². The second-order valence-electron chi connectivity index (χ2n) is 5.61. The van der Waals surface area contributed by atoms with Gasteiger partial charge in [-0.1, -0.05) is 0 Å². The Labute approximate surface area is 118 Å².